The lowest BCUT2D eigenvalue weighted by Gasteiger charge is -2.25. The van der Waals surface area contributed by atoms with E-state index in [0.717, 1.165) is 5.56 Å². The first-order chi connectivity index (χ1) is 12.9. The highest BCUT2D eigenvalue weighted by molar-refractivity contribution is 7.98. The van der Waals surface area contributed by atoms with Crippen molar-refractivity contribution >= 4 is 29.7 Å². The first kappa shape index (κ1) is 22.8. The van der Waals surface area contributed by atoms with E-state index in [1.807, 2.05) is 50.4 Å². The first-order valence-corrected chi connectivity index (χ1v) is 10.3. The third kappa shape index (κ3) is 8.34. The number of alkyl carbamates (subject to hydrolysis) is 1. The van der Waals surface area contributed by atoms with Gasteiger partial charge in [0.25, 0.3) is 0 Å². The lowest BCUT2D eigenvalue weighted by Crippen LogP contribution is -2.55. The van der Waals surface area contributed by atoms with Gasteiger partial charge in [-0.25, -0.2) is 4.79 Å². The quantitative estimate of drug-likeness (QED) is 0.531. The van der Waals surface area contributed by atoms with Crippen LogP contribution in [0.2, 0.25) is 0 Å². The summed E-state index contributed by atoms with van der Waals surface area (Å²) in [6, 6.07) is 7.69. The molecule has 0 fully saturated rings. The van der Waals surface area contributed by atoms with Gasteiger partial charge in [-0.15, -0.1) is 0 Å². The van der Waals surface area contributed by atoms with Crippen molar-refractivity contribution in [1.29, 1.82) is 0 Å². The molecule has 0 heterocycles. The molecule has 0 saturated heterocycles. The summed E-state index contributed by atoms with van der Waals surface area (Å²) in [7, 11) is 0. The van der Waals surface area contributed by atoms with Gasteiger partial charge in [-0.3, -0.25) is 9.59 Å². The molecule has 27 heavy (non-hydrogen) atoms. The number of nitrogens with two attached hydrogens (primary N) is 1. The molecular weight excluding hydrogens is 366 g/mol. The molecule has 4 N–H and O–H groups in total. The average molecular weight is 396 g/mol. The second-order valence-corrected chi connectivity index (χ2v) is 7.30. The third-order valence-electron chi connectivity index (χ3n) is 4.25. The van der Waals surface area contributed by atoms with Crippen LogP contribution in [0.4, 0.5) is 4.79 Å². The van der Waals surface area contributed by atoms with Crippen LogP contribution in [0.5, 0.6) is 0 Å². The zero-order valence-electron chi connectivity index (χ0n) is 16.1. The van der Waals surface area contributed by atoms with Crippen molar-refractivity contribution in [2.24, 2.45) is 11.7 Å². The molecule has 0 aliphatic heterocycles. The standard InChI is InChI=1S/C19H29N3O4S/c1-4-13(2)16(18(24)21-15(17(20)23)10-11-27-3)22-19(25)26-12-14-8-6-5-7-9-14/h5-9,13,15-16H,4,10-12H2,1-3H3,(H2,20,23)(H,21,24)(H,22,25)/t13-,15+,16-/m1/s1. The molecule has 0 unspecified atom stereocenters. The monoisotopic (exact) mass is 395 g/mol. The van der Waals surface area contributed by atoms with E-state index in [2.05, 4.69) is 10.6 Å². The molecule has 1 rings (SSSR count). The molecule has 3 atom stereocenters. The Morgan fingerprint density at radius 1 is 1.19 bits per heavy atom. The summed E-state index contributed by atoms with van der Waals surface area (Å²) in [6.07, 6.45) is 2.34. The topological polar surface area (TPSA) is 111 Å². The summed E-state index contributed by atoms with van der Waals surface area (Å²) in [5.41, 5.74) is 6.22. The minimum Gasteiger partial charge on any atom is -0.445 e. The summed E-state index contributed by atoms with van der Waals surface area (Å²) in [5.74, 6) is -0.477. The van der Waals surface area contributed by atoms with E-state index in [1.54, 1.807) is 11.8 Å². The van der Waals surface area contributed by atoms with Crippen LogP contribution in [-0.2, 0) is 20.9 Å². The van der Waals surface area contributed by atoms with E-state index >= 15 is 0 Å². The number of nitrogens with one attached hydrogen (secondary N) is 2. The van der Waals surface area contributed by atoms with Gasteiger partial charge in [0.1, 0.15) is 18.7 Å². The number of carbonyl (C=O) groups excluding carboxylic acids is 3. The van der Waals surface area contributed by atoms with E-state index in [4.69, 9.17) is 10.5 Å². The van der Waals surface area contributed by atoms with Crippen LogP contribution in [0, 0.1) is 5.92 Å². The number of amides is 3. The van der Waals surface area contributed by atoms with Crippen molar-refractivity contribution in [3.8, 4) is 0 Å². The van der Waals surface area contributed by atoms with Crippen LogP contribution >= 0.6 is 11.8 Å². The molecule has 8 heteroatoms. The Hall–Kier alpha value is -2.22. The minimum absolute atomic E-state index is 0.110. The molecule has 0 saturated carbocycles. The maximum atomic E-state index is 12.6. The zero-order chi connectivity index (χ0) is 20.2. The Labute approximate surface area is 164 Å². The molecule has 0 bridgehead atoms. The van der Waals surface area contributed by atoms with Gasteiger partial charge in [0.2, 0.25) is 11.8 Å². The summed E-state index contributed by atoms with van der Waals surface area (Å²) in [4.78, 5) is 36.3. The first-order valence-electron chi connectivity index (χ1n) is 8.94. The normalized spacial score (nSPS) is 13.9. The largest absolute Gasteiger partial charge is 0.445 e. The van der Waals surface area contributed by atoms with Crippen LogP contribution in [0.3, 0.4) is 0 Å². The van der Waals surface area contributed by atoms with Gasteiger partial charge >= 0.3 is 6.09 Å². The van der Waals surface area contributed by atoms with Gasteiger partial charge < -0.3 is 21.1 Å². The van der Waals surface area contributed by atoms with Gasteiger partial charge in [-0.05, 0) is 29.9 Å². The predicted octanol–water partition coefficient (Wildman–Crippen LogP) is 2.05. The predicted molar refractivity (Wildman–Crippen MR) is 107 cm³/mol. The summed E-state index contributed by atoms with van der Waals surface area (Å²) < 4.78 is 5.20. The fourth-order valence-electron chi connectivity index (χ4n) is 2.38. The van der Waals surface area contributed by atoms with Crippen molar-refractivity contribution in [3.05, 3.63) is 35.9 Å². The average Bonchev–Trinajstić information content (AvgIpc) is 2.67. The number of carbonyl (C=O) groups is 3. The number of hydrogen-bond donors (Lipinski definition) is 3. The molecule has 0 aromatic heterocycles. The second-order valence-electron chi connectivity index (χ2n) is 6.31. The smallest absolute Gasteiger partial charge is 0.408 e. The number of ether oxygens (including phenoxy) is 1. The molecular formula is C19H29N3O4S. The SMILES string of the molecule is CC[C@@H](C)[C@@H](NC(=O)OCc1ccccc1)C(=O)N[C@@H](CCSC)C(N)=O. The molecule has 0 radical (unpaired) electrons. The van der Waals surface area contributed by atoms with E-state index in [-0.39, 0.29) is 12.5 Å². The lowest BCUT2D eigenvalue weighted by atomic mass is 9.98. The van der Waals surface area contributed by atoms with E-state index < -0.39 is 30.0 Å². The number of rotatable bonds is 11. The molecule has 1 aromatic carbocycles. The van der Waals surface area contributed by atoms with Crippen molar-refractivity contribution in [2.75, 3.05) is 12.0 Å². The second kappa shape index (κ2) is 12.2. The summed E-state index contributed by atoms with van der Waals surface area (Å²) >= 11 is 1.56. The summed E-state index contributed by atoms with van der Waals surface area (Å²) in [5, 5.41) is 5.26. The molecule has 3 amide bonds. The van der Waals surface area contributed by atoms with E-state index in [0.29, 0.717) is 18.6 Å². The fourth-order valence-corrected chi connectivity index (χ4v) is 2.85. The van der Waals surface area contributed by atoms with Crippen LogP contribution in [0.1, 0.15) is 32.3 Å². The van der Waals surface area contributed by atoms with Gasteiger partial charge in [0, 0.05) is 0 Å². The molecule has 0 aliphatic rings. The number of primary amides is 1. The lowest BCUT2D eigenvalue weighted by molar-refractivity contribution is -0.129. The third-order valence-corrected chi connectivity index (χ3v) is 4.90. The maximum absolute atomic E-state index is 12.6. The highest BCUT2D eigenvalue weighted by atomic mass is 32.2. The maximum Gasteiger partial charge on any atom is 0.408 e. The number of benzene rings is 1. The van der Waals surface area contributed by atoms with Gasteiger partial charge in [-0.1, -0.05) is 50.6 Å². The van der Waals surface area contributed by atoms with Gasteiger partial charge in [-0.2, -0.15) is 11.8 Å². The highest BCUT2D eigenvalue weighted by Crippen LogP contribution is 2.10. The highest BCUT2D eigenvalue weighted by Gasteiger charge is 2.29. The van der Waals surface area contributed by atoms with Crippen molar-refractivity contribution in [3.63, 3.8) is 0 Å². The Morgan fingerprint density at radius 3 is 2.41 bits per heavy atom. The molecule has 150 valence electrons. The van der Waals surface area contributed by atoms with Crippen molar-refractivity contribution in [1.82, 2.24) is 10.6 Å². The molecule has 7 nitrogen and oxygen atoms in total. The molecule has 1 aromatic rings. The van der Waals surface area contributed by atoms with E-state index in [1.165, 1.54) is 0 Å². The number of hydrogen-bond acceptors (Lipinski definition) is 5. The van der Waals surface area contributed by atoms with Gasteiger partial charge in [0.05, 0.1) is 0 Å². The van der Waals surface area contributed by atoms with Crippen LogP contribution in [-0.4, -0.2) is 42.0 Å². The minimum atomic E-state index is -0.811. The number of thioether (sulfide) groups is 1. The van der Waals surface area contributed by atoms with E-state index in [9.17, 15) is 14.4 Å². The summed E-state index contributed by atoms with van der Waals surface area (Å²) in [6.45, 7) is 3.88. The molecule has 0 spiro atoms. The zero-order valence-corrected chi connectivity index (χ0v) is 16.9. The van der Waals surface area contributed by atoms with Crippen LogP contribution < -0.4 is 16.4 Å². The van der Waals surface area contributed by atoms with Crippen LogP contribution in [0.15, 0.2) is 30.3 Å². The Balaban J connectivity index is 2.68. The Kier molecular flexibility index (Phi) is 10.3. The van der Waals surface area contributed by atoms with Gasteiger partial charge in [0.15, 0.2) is 0 Å². The Morgan fingerprint density at radius 2 is 1.85 bits per heavy atom. The van der Waals surface area contributed by atoms with Crippen molar-refractivity contribution in [2.45, 2.75) is 45.4 Å². The fraction of sp³-hybridized carbons (Fsp3) is 0.526. The van der Waals surface area contributed by atoms with Crippen molar-refractivity contribution < 1.29 is 19.1 Å². The molecule has 0 aliphatic carbocycles. The van der Waals surface area contributed by atoms with Crippen LogP contribution in [0.25, 0.3) is 0 Å². The Bertz CT molecular complexity index is 612.